The summed E-state index contributed by atoms with van der Waals surface area (Å²) < 4.78 is 5.85. The third-order valence-electron chi connectivity index (χ3n) is 6.31. The van der Waals surface area contributed by atoms with E-state index in [1.165, 1.54) is 0 Å². The van der Waals surface area contributed by atoms with Crippen molar-refractivity contribution in [3.05, 3.63) is 70.4 Å². The summed E-state index contributed by atoms with van der Waals surface area (Å²) in [4.78, 5) is 17.1. The van der Waals surface area contributed by atoms with Gasteiger partial charge in [0.2, 0.25) is 0 Å². The molecule has 1 aliphatic rings. The summed E-state index contributed by atoms with van der Waals surface area (Å²) in [5.41, 5.74) is 2.36. The van der Waals surface area contributed by atoms with Gasteiger partial charge in [0.05, 0.1) is 11.1 Å². The molecule has 0 radical (unpaired) electrons. The number of carbonyl (C=O) groups is 1. The number of nitrogens with zero attached hydrogens (tertiary/aromatic N) is 2. The third-order valence-corrected chi connectivity index (χ3v) is 6.61. The van der Waals surface area contributed by atoms with E-state index in [9.17, 15) is 9.90 Å². The number of benzene rings is 2. The van der Waals surface area contributed by atoms with Crippen LogP contribution in [0, 0.1) is 12.8 Å². The predicted octanol–water partition coefficient (Wildman–Crippen LogP) is 4.91. The van der Waals surface area contributed by atoms with E-state index < -0.39 is 6.10 Å². The van der Waals surface area contributed by atoms with Crippen molar-refractivity contribution in [2.24, 2.45) is 5.92 Å². The van der Waals surface area contributed by atoms with Crippen molar-refractivity contribution >= 4 is 28.5 Å². The van der Waals surface area contributed by atoms with Crippen LogP contribution in [0.4, 0.5) is 0 Å². The summed E-state index contributed by atoms with van der Waals surface area (Å²) in [5.74, 6) is 0.702. The molecular formula is C25H29ClN2O3. The van der Waals surface area contributed by atoms with Gasteiger partial charge in [-0.1, -0.05) is 54.1 Å². The number of aliphatic hydroxyl groups excluding tert-OH is 1. The summed E-state index contributed by atoms with van der Waals surface area (Å²) in [6.45, 7) is 5.09. The van der Waals surface area contributed by atoms with Gasteiger partial charge in [0.25, 0.3) is 5.91 Å². The lowest BCUT2D eigenvalue weighted by Gasteiger charge is -2.34. The summed E-state index contributed by atoms with van der Waals surface area (Å²) in [7, 11) is 1.84. The van der Waals surface area contributed by atoms with E-state index in [0.717, 1.165) is 42.4 Å². The molecule has 0 unspecified atom stereocenters. The first-order valence-corrected chi connectivity index (χ1v) is 11.2. The zero-order valence-electron chi connectivity index (χ0n) is 18.1. The highest BCUT2D eigenvalue weighted by Gasteiger charge is 2.26. The molecule has 2 aromatic carbocycles. The van der Waals surface area contributed by atoms with E-state index in [1.807, 2.05) is 56.4 Å². The normalized spacial score (nSPS) is 16.5. The van der Waals surface area contributed by atoms with Crippen LogP contribution in [0.15, 0.2) is 52.9 Å². The van der Waals surface area contributed by atoms with Crippen LogP contribution < -0.4 is 0 Å². The standard InChI is InChI=1S/C25H29ClN2O3/c1-17-20-9-6-10-21(26)24(20)31-23(17)25(30)27(2)15-18-11-13-28(14-12-18)16-22(29)19-7-4-3-5-8-19/h3-10,18,22,29H,11-16H2,1-2H3/t22-/m0/s1. The first-order valence-electron chi connectivity index (χ1n) is 10.8. The lowest BCUT2D eigenvalue weighted by Crippen LogP contribution is -2.40. The average Bonchev–Trinajstić information content (AvgIpc) is 3.13. The lowest BCUT2D eigenvalue weighted by molar-refractivity contribution is 0.0659. The van der Waals surface area contributed by atoms with Gasteiger partial charge in [0.15, 0.2) is 11.3 Å². The summed E-state index contributed by atoms with van der Waals surface area (Å²) in [5, 5.41) is 11.9. The fraction of sp³-hybridized carbons (Fsp3) is 0.400. The quantitative estimate of drug-likeness (QED) is 0.591. The smallest absolute Gasteiger partial charge is 0.289 e. The minimum absolute atomic E-state index is 0.105. The van der Waals surface area contributed by atoms with Crippen LogP contribution in [0.1, 0.15) is 40.6 Å². The molecular weight excluding hydrogens is 412 g/mol. The van der Waals surface area contributed by atoms with Crippen LogP contribution in [0.3, 0.4) is 0 Å². The molecule has 164 valence electrons. The monoisotopic (exact) mass is 440 g/mol. The first kappa shape index (κ1) is 21.9. The minimum Gasteiger partial charge on any atom is -0.449 e. The number of likely N-dealkylation sites (tertiary alicyclic amines) is 1. The SMILES string of the molecule is Cc1c(C(=O)N(C)CC2CCN(C[C@H](O)c3ccccc3)CC2)oc2c(Cl)cccc12. The number of hydrogen-bond donors (Lipinski definition) is 1. The van der Waals surface area contributed by atoms with E-state index in [0.29, 0.717) is 35.4 Å². The molecule has 1 aromatic heterocycles. The Morgan fingerprint density at radius 3 is 2.58 bits per heavy atom. The van der Waals surface area contributed by atoms with Gasteiger partial charge >= 0.3 is 0 Å². The summed E-state index contributed by atoms with van der Waals surface area (Å²) in [6, 6.07) is 15.4. The Morgan fingerprint density at radius 1 is 1.19 bits per heavy atom. The van der Waals surface area contributed by atoms with Gasteiger partial charge in [0, 0.05) is 31.1 Å². The number of piperidine rings is 1. The molecule has 1 atom stereocenters. The summed E-state index contributed by atoms with van der Waals surface area (Å²) in [6.07, 6.45) is 1.54. The molecule has 1 aliphatic heterocycles. The Labute approximate surface area is 188 Å². The molecule has 1 N–H and O–H groups in total. The first-order chi connectivity index (χ1) is 14.9. The van der Waals surface area contributed by atoms with Crippen molar-refractivity contribution in [1.29, 1.82) is 0 Å². The van der Waals surface area contributed by atoms with Crippen molar-refractivity contribution in [2.75, 3.05) is 33.2 Å². The van der Waals surface area contributed by atoms with Crippen LogP contribution in [-0.2, 0) is 0 Å². The number of rotatable bonds is 6. The van der Waals surface area contributed by atoms with Crippen LogP contribution in [0.2, 0.25) is 5.02 Å². The van der Waals surface area contributed by atoms with Gasteiger partial charge in [-0.15, -0.1) is 0 Å². The Morgan fingerprint density at radius 2 is 1.90 bits per heavy atom. The van der Waals surface area contributed by atoms with Gasteiger partial charge in [-0.05, 0) is 50.4 Å². The van der Waals surface area contributed by atoms with Crippen LogP contribution in [0.5, 0.6) is 0 Å². The molecule has 6 heteroatoms. The topological polar surface area (TPSA) is 56.9 Å². The Bertz CT molecular complexity index is 1040. The fourth-order valence-electron chi connectivity index (χ4n) is 4.43. The van der Waals surface area contributed by atoms with Crippen molar-refractivity contribution in [3.63, 3.8) is 0 Å². The zero-order valence-corrected chi connectivity index (χ0v) is 18.8. The fourth-order valence-corrected chi connectivity index (χ4v) is 4.65. The number of aliphatic hydroxyl groups is 1. The molecule has 0 aliphatic carbocycles. The molecule has 4 rings (SSSR count). The second-order valence-corrected chi connectivity index (χ2v) is 8.94. The van der Waals surface area contributed by atoms with E-state index in [1.54, 1.807) is 11.0 Å². The highest BCUT2D eigenvalue weighted by Crippen LogP contribution is 2.31. The molecule has 1 fully saturated rings. The molecule has 1 amide bonds. The number of halogens is 1. The van der Waals surface area contributed by atoms with Crippen molar-refractivity contribution in [2.45, 2.75) is 25.9 Å². The molecule has 2 heterocycles. The maximum Gasteiger partial charge on any atom is 0.289 e. The summed E-state index contributed by atoms with van der Waals surface area (Å²) >= 11 is 6.23. The van der Waals surface area contributed by atoms with E-state index in [4.69, 9.17) is 16.0 Å². The molecule has 0 saturated carbocycles. The minimum atomic E-state index is -0.468. The maximum absolute atomic E-state index is 13.0. The van der Waals surface area contributed by atoms with Gasteiger partial charge in [-0.3, -0.25) is 4.79 Å². The van der Waals surface area contributed by atoms with E-state index in [2.05, 4.69) is 4.90 Å². The van der Waals surface area contributed by atoms with E-state index >= 15 is 0 Å². The Kier molecular flexibility index (Phi) is 6.65. The predicted molar refractivity (Wildman–Crippen MR) is 123 cm³/mol. The second-order valence-electron chi connectivity index (χ2n) is 8.53. The highest BCUT2D eigenvalue weighted by molar-refractivity contribution is 6.35. The number of fused-ring (bicyclic) bond motifs is 1. The Balaban J connectivity index is 1.32. The lowest BCUT2D eigenvalue weighted by atomic mass is 9.95. The molecule has 5 nitrogen and oxygen atoms in total. The Hall–Kier alpha value is -2.34. The number of para-hydroxylation sites is 1. The van der Waals surface area contributed by atoms with Crippen molar-refractivity contribution in [3.8, 4) is 0 Å². The molecule has 3 aromatic rings. The van der Waals surface area contributed by atoms with Gasteiger partial charge in [-0.25, -0.2) is 0 Å². The number of carbonyl (C=O) groups excluding carboxylic acids is 1. The van der Waals surface area contributed by atoms with Gasteiger partial charge in [-0.2, -0.15) is 0 Å². The maximum atomic E-state index is 13.0. The van der Waals surface area contributed by atoms with Crippen LogP contribution in [0.25, 0.3) is 11.0 Å². The van der Waals surface area contributed by atoms with Crippen LogP contribution >= 0.6 is 11.6 Å². The van der Waals surface area contributed by atoms with Crippen molar-refractivity contribution < 1.29 is 14.3 Å². The largest absolute Gasteiger partial charge is 0.449 e. The average molecular weight is 441 g/mol. The van der Waals surface area contributed by atoms with Crippen LogP contribution in [-0.4, -0.2) is 54.0 Å². The van der Waals surface area contributed by atoms with Gasteiger partial charge in [0.1, 0.15) is 0 Å². The molecule has 0 spiro atoms. The number of aryl methyl sites for hydroxylation is 1. The number of furan rings is 1. The number of hydrogen-bond acceptors (Lipinski definition) is 4. The van der Waals surface area contributed by atoms with E-state index in [-0.39, 0.29) is 5.91 Å². The highest BCUT2D eigenvalue weighted by atomic mass is 35.5. The third kappa shape index (κ3) is 4.79. The second kappa shape index (κ2) is 9.43. The number of amides is 1. The van der Waals surface area contributed by atoms with Crippen molar-refractivity contribution in [1.82, 2.24) is 9.80 Å². The molecule has 0 bridgehead atoms. The zero-order chi connectivity index (χ0) is 22.0. The molecule has 1 saturated heterocycles. The van der Waals surface area contributed by atoms with Gasteiger partial charge < -0.3 is 19.3 Å². The molecule has 31 heavy (non-hydrogen) atoms. The number of β-amino-alcohol motifs (C(OH)–C–C–N with tert-alkyl or cyclic N) is 1.